The minimum Gasteiger partial charge on any atom is -0.480 e. The Morgan fingerprint density at radius 2 is 1.50 bits per heavy atom. The van der Waals surface area contributed by atoms with Crippen LogP contribution in [0.15, 0.2) is 0 Å². The molecule has 1 aliphatic heterocycles. The molecule has 8 N–H and O–H groups in total. The molecule has 1 aliphatic rings. The molecule has 1 heterocycles. The molecule has 0 aromatic rings. The zero-order valence-corrected chi connectivity index (χ0v) is 13.4. The van der Waals surface area contributed by atoms with E-state index in [-0.39, 0.29) is 17.5 Å². The standard InChI is InChI=1S/C6H12N2O4S2.C5H9NO2/c7-3(5(9)10)1-13-14-2-4(8)6(11)12;7-5(8)4-2-1-3-6-4/h3-4H,1-2,7-8H2,(H,9,10)(H,11,12);4,6H,1-3H2,(H,7,8)/t3-,4?;4-/m00/s1. The van der Waals surface area contributed by atoms with Crippen LogP contribution in [0.25, 0.3) is 0 Å². The highest BCUT2D eigenvalue weighted by Gasteiger charge is 2.20. The molecule has 0 amide bonds. The van der Waals surface area contributed by atoms with Gasteiger partial charge >= 0.3 is 17.9 Å². The van der Waals surface area contributed by atoms with Crippen molar-refractivity contribution >= 4 is 39.5 Å². The molecule has 1 saturated heterocycles. The molecule has 0 aromatic heterocycles. The monoisotopic (exact) mass is 355 g/mol. The Bertz CT molecular complexity index is 357. The summed E-state index contributed by atoms with van der Waals surface area (Å²) in [6, 6.07) is -2.11. The lowest BCUT2D eigenvalue weighted by Crippen LogP contribution is -2.33. The summed E-state index contributed by atoms with van der Waals surface area (Å²) in [5, 5.41) is 28.0. The van der Waals surface area contributed by atoms with E-state index in [9.17, 15) is 14.4 Å². The maximum atomic E-state index is 10.3. The molecule has 1 rings (SSSR count). The predicted molar refractivity (Wildman–Crippen MR) is 84.8 cm³/mol. The first-order valence-corrected chi connectivity index (χ1v) is 8.91. The molecule has 0 saturated carbocycles. The molecule has 22 heavy (non-hydrogen) atoms. The summed E-state index contributed by atoms with van der Waals surface area (Å²) in [6.07, 6.45) is 1.78. The Balaban J connectivity index is 0.000000461. The average molecular weight is 355 g/mol. The van der Waals surface area contributed by atoms with Crippen molar-refractivity contribution in [1.82, 2.24) is 5.32 Å². The molecule has 3 atom stereocenters. The highest BCUT2D eigenvalue weighted by atomic mass is 33.1. The van der Waals surface area contributed by atoms with Gasteiger partial charge in [-0.05, 0) is 19.4 Å². The van der Waals surface area contributed by atoms with Crippen molar-refractivity contribution in [2.75, 3.05) is 18.1 Å². The van der Waals surface area contributed by atoms with Crippen LogP contribution in [-0.2, 0) is 14.4 Å². The van der Waals surface area contributed by atoms with E-state index >= 15 is 0 Å². The number of hydrogen-bond acceptors (Lipinski definition) is 8. The van der Waals surface area contributed by atoms with Gasteiger partial charge in [-0.3, -0.25) is 14.4 Å². The number of nitrogens with two attached hydrogens (primary N) is 2. The molecule has 11 heteroatoms. The summed E-state index contributed by atoms with van der Waals surface area (Å²) >= 11 is 0. The number of carboxylic acid groups (broad SMARTS) is 3. The summed E-state index contributed by atoms with van der Waals surface area (Å²) in [5.41, 5.74) is 10.4. The zero-order chi connectivity index (χ0) is 17.1. The van der Waals surface area contributed by atoms with E-state index in [4.69, 9.17) is 26.8 Å². The Morgan fingerprint density at radius 1 is 1.05 bits per heavy atom. The van der Waals surface area contributed by atoms with E-state index in [0.717, 1.165) is 19.4 Å². The second-order valence-electron chi connectivity index (χ2n) is 4.45. The maximum absolute atomic E-state index is 10.3. The second kappa shape index (κ2) is 11.5. The Morgan fingerprint density at radius 3 is 1.73 bits per heavy atom. The van der Waals surface area contributed by atoms with Gasteiger partial charge in [-0.1, -0.05) is 21.6 Å². The Kier molecular flexibility index (Phi) is 11.0. The number of nitrogens with one attached hydrogen (secondary N) is 1. The molecule has 0 radical (unpaired) electrons. The van der Waals surface area contributed by atoms with Crippen molar-refractivity contribution in [2.24, 2.45) is 11.5 Å². The van der Waals surface area contributed by atoms with Crippen LogP contribution in [0.4, 0.5) is 0 Å². The highest BCUT2D eigenvalue weighted by molar-refractivity contribution is 8.76. The fourth-order valence-electron chi connectivity index (χ4n) is 1.28. The number of aliphatic carboxylic acids is 3. The lowest BCUT2D eigenvalue weighted by atomic mass is 10.2. The lowest BCUT2D eigenvalue weighted by molar-refractivity contribution is -0.139. The maximum Gasteiger partial charge on any atom is 0.321 e. The SMILES string of the molecule is NC(CSSC[C@H](N)C(=O)O)C(=O)O.O=C(O)[C@@H]1CCCN1. The van der Waals surface area contributed by atoms with Gasteiger partial charge in [-0.25, -0.2) is 0 Å². The molecule has 1 fully saturated rings. The van der Waals surface area contributed by atoms with E-state index in [2.05, 4.69) is 5.32 Å². The van der Waals surface area contributed by atoms with Crippen LogP contribution in [-0.4, -0.2) is 69.4 Å². The largest absolute Gasteiger partial charge is 0.480 e. The molecular weight excluding hydrogens is 334 g/mol. The van der Waals surface area contributed by atoms with Crippen LogP contribution in [0.1, 0.15) is 12.8 Å². The van der Waals surface area contributed by atoms with Crippen LogP contribution in [0.5, 0.6) is 0 Å². The van der Waals surface area contributed by atoms with Gasteiger partial charge in [0.1, 0.15) is 18.1 Å². The lowest BCUT2D eigenvalue weighted by Gasteiger charge is -2.07. The summed E-state index contributed by atoms with van der Waals surface area (Å²) < 4.78 is 0. The minimum atomic E-state index is -1.07. The van der Waals surface area contributed by atoms with E-state index < -0.39 is 30.0 Å². The van der Waals surface area contributed by atoms with E-state index in [1.807, 2.05) is 0 Å². The van der Waals surface area contributed by atoms with Gasteiger partial charge in [0.25, 0.3) is 0 Å². The molecule has 9 nitrogen and oxygen atoms in total. The van der Waals surface area contributed by atoms with E-state index in [1.165, 1.54) is 21.6 Å². The normalized spacial score (nSPS) is 19.6. The third kappa shape index (κ3) is 9.84. The van der Waals surface area contributed by atoms with Crippen molar-refractivity contribution in [2.45, 2.75) is 31.0 Å². The van der Waals surface area contributed by atoms with Gasteiger partial charge in [0, 0.05) is 11.5 Å². The van der Waals surface area contributed by atoms with Gasteiger partial charge in [0.05, 0.1) is 0 Å². The van der Waals surface area contributed by atoms with Gasteiger partial charge in [-0.15, -0.1) is 0 Å². The van der Waals surface area contributed by atoms with Crippen LogP contribution in [0, 0.1) is 0 Å². The van der Waals surface area contributed by atoms with Gasteiger partial charge < -0.3 is 32.1 Å². The van der Waals surface area contributed by atoms with Crippen molar-refractivity contribution in [3.63, 3.8) is 0 Å². The van der Waals surface area contributed by atoms with Crippen LogP contribution >= 0.6 is 21.6 Å². The molecule has 1 unspecified atom stereocenters. The first-order valence-electron chi connectivity index (χ1n) is 6.43. The van der Waals surface area contributed by atoms with Gasteiger partial charge in [0.15, 0.2) is 0 Å². The van der Waals surface area contributed by atoms with Crippen molar-refractivity contribution in [3.8, 4) is 0 Å². The Hall–Kier alpha value is -1.01. The minimum absolute atomic E-state index is 0.229. The molecule has 0 spiro atoms. The van der Waals surface area contributed by atoms with Crippen molar-refractivity contribution in [1.29, 1.82) is 0 Å². The summed E-state index contributed by atoms with van der Waals surface area (Å²) in [4.78, 5) is 30.7. The highest BCUT2D eigenvalue weighted by Crippen LogP contribution is 2.22. The molecule has 128 valence electrons. The third-order valence-corrected chi connectivity index (χ3v) is 5.04. The number of rotatable bonds is 8. The fourth-order valence-corrected chi connectivity index (χ4v) is 3.51. The van der Waals surface area contributed by atoms with E-state index in [0.29, 0.717) is 0 Å². The topological polar surface area (TPSA) is 176 Å². The van der Waals surface area contributed by atoms with Crippen LogP contribution in [0.2, 0.25) is 0 Å². The molecular formula is C11H21N3O6S2. The van der Waals surface area contributed by atoms with Gasteiger partial charge in [-0.2, -0.15) is 0 Å². The summed E-state index contributed by atoms with van der Waals surface area (Å²) in [5.74, 6) is -2.40. The first kappa shape index (κ1) is 21.0. The number of carbonyl (C=O) groups is 3. The molecule has 0 aliphatic carbocycles. The Labute approximate surface area is 135 Å². The third-order valence-electron chi connectivity index (χ3n) is 2.57. The quantitative estimate of drug-likeness (QED) is 0.233. The summed E-state index contributed by atoms with van der Waals surface area (Å²) in [6.45, 7) is 0.858. The first-order chi connectivity index (χ1) is 10.3. The smallest absolute Gasteiger partial charge is 0.321 e. The van der Waals surface area contributed by atoms with E-state index in [1.54, 1.807) is 0 Å². The zero-order valence-electron chi connectivity index (χ0n) is 11.8. The van der Waals surface area contributed by atoms with Crippen LogP contribution in [0.3, 0.4) is 0 Å². The molecule has 0 aromatic carbocycles. The average Bonchev–Trinajstić information content (AvgIpc) is 2.97. The molecule has 0 bridgehead atoms. The summed E-state index contributed by atoms with van der Waals surface area (Å²) in [7, 11) is 2.41. The predicted octanol–water partition coefficient (Wildman–Crippen LogP) is -0.985. The van der Waals surface area contributed by atoms with Crippen molar-refractivity contribution < 1.29 is 29.7 Å². The second-order valence-corrected chi connectivity index (χ2v) is 7.00. The van der Waals surface area contributed by atoms with Crippen molar-refractivity contribution in [3.05, 3.63) is 0 Å². The number of carboxylic acids is 3. The number of hydrogen-bond donors (Lipinski definition) is 6. The fraction of sp³-hybridized carbons (Fsp3) is 0.727. The van der Waals surface area contributed by atoms with Gasteiger partial charge in [0.2, 0.25) is 0 Å². The van der Waals surface area contributed by atoms with Crippen LogP contribution < -0.4 is 16.8 Å².